The SMILES string of the molecule is Cc1ccc(CC(=O)NCCOc2ccc(S(=O)(=O)N3CCCCC3)cc2)c(C)c1. The molecule has 30 heavy (non-hydrogen) atoms. The van der Waals surface area contributed by atoms with Gasteiger partial charge in [-0.25, -0.2) is 8.42 Å². The van der Waals surface area contributed by atoms with Crippen LogP contribution in [-0.2, 0) is 21.2 Å². The fourth-order valence-corrected chi connectivity index (χ4v) is 5.12. The second-order valence-corrected chi connectivity index (χ2v) is 9.68. The molecule has 2 aromatic carbocycles. The summed E-state index contributed by atoms with van der Waals surface area (Å²) in [6, 6.07) is 12.5. The van der Waals surface area contributed by atoms with Gasteiger partial charge in [0.15, 0.2) is 0 Å². The first-order valence-electron chi connectivity index (χ1n) is 10.4. The largest absolute Gasteiger partial charge is 0.492 e. The lowest BCUT2D eigenvalue weighted by molar-refractivity contribution is -0.120. The van der Waals surface area contributed by atoms with E-state index >= 15 is 0 Å². The molecule has 162 valence electrons. The van der Waals surface area contributed by atoms with Gasteiger partial charge in [0, 0.05) is 13.1 Å². The van der Waals surface area contributed by atoms with Crippen molar-refractivity contribution < 1.29 is 17.9 Å². The number of sulfonamides is 1. The summed E-state index contributed by atoms with van der Waals surface area (Å²) >= 11 is 0. The second kappa shape index (κ2) is 10.1. The molecule has 0 bridgehead atoms. The Balaban J connectivity index is 1.44. The quantitative estimate of drug-likeness (QED) is 0.653. The van der Waals surface area contributed by atoms with Crippen LogP contribution in [0.25, 0.3) is 0 Å². The predicted molar refractivity (Wildman–Crippen MR) is 117 cm³/mol. The summed E-state index contributed by atoms with van der Waals surface area (Å²) in [6.07, 6.45) is 3.25. The minimum atomic E-state index is -3.43. The molecule has 0 radical (unpaired) electrons. The molecule has 0 saturated carbocycles. The minimum Gasteiger partial charge on any atom is -0.492 e. The first-order valence-corrected chi connectivity index (χ1v) is 11.9. The number of ether oxygens (including phenoxy) is 1. The molecular weight excluding hydrogens is 400 g/mol. The smallest absolute Gasteiger partial charge is 0.243 e. The van der Waals surface area contributed by atoms with Gasteiger partial charge in [-0.15, -0.1) is 0 Å². The average molecular weight is 431 g/mol. The van der Waals surface area contributed by atoms with E-state index < -0.39 is 10.0 Å². The summed E-state index contributed by atoms with van der Waals surface area (Å²) in [5.41, 5.74) is 3.31. The number of nitrogens with zero attached hydrogens (tertiary/aromatic N) is 1. The van der Waals surface area contributed by atoms with E-state index in [1.807, 2.05) is 26.0 Å². The van der Waals surface area contributed by atoms with E-state index in [-0.39, 0.29) is 5.91 Å². The number of carbonyl (C=O) groups excluding carboxylic acids is 1. The van der Waals surface area contributed by atoms with Crippen molar-refractivity contribution in [3.63, 3.8) is 0 Å². The van der Waals surface area contributed by atoms with E-state index in [2.05, 4.69) is 11.4 Å². The van der Waals surface area contributed by atoms with E-state index in [0.717, 1.165) is 30.4 Å². The Bertz CT molecular complexity index is 965. The van der Waals surface area contributed by atoms with Gasteiger partial charge < -0.3 is 10.1 Å². The highest BCUT2D eigenvalue weighted by Crippen LogP contribution is 2.22. The van der Waals surface area contributed by atoms with Crippen molar-refractivity contribution in [3.05, 3.63) is 59.2 Å². The van der Waals surface area contributed by atoms with Gasteiger partial charge in [-0.3, -0.25) is 4.79 Å². The highest BCUT2D eigenvalue weighted by molar-refractivity contribution is 7.89. The summed E-state index contributed by atoms with van der Waals surface area (Å²) in [4.78, 5) is 12.4. The number of rotatable bonds is 8. The molecule has 3 rings (SSSR count). The third-order valence-electron chi connectivity index (χ3n) is 5.32. The van der Waals surface area contributed by atoms with Crippen molar-refractivity contribution in [1.82, 2.24) is 9.62 Å². The molecule has 2 aromatic rings. The topological polar surface area (TPSA) is 75.7 Å². The maximum absolute atomic E-state index is 12.7. The first-order chi connectivity index (χ1) is 14.4. The number of nitrogens with one attached hydrogen (secondary N) is 1. The molecule has 0 atom stereocenters. The Labute approximate surface area is 179 Å². The molecular formula is C23H30N2O4S. The van der Waals surface area contributed by atoms with Gasteiger partial charge in [0.1, 0.15) is 12.4 Å². The number of hydrogen-bond donors (Lipinski definition) is 1. The van der Waals surface area contributed by atoms with Gasteiger partial charge in [0.25, 0.3) is 0 Å². The molecule has 0 spiro atoms. The van der Waals surface area contributed by atoms with Gasteiger partial charge in [-0.05, 0) is 62.1 Å². The van der Waals surface area contributed by atoms with E-state index in [4.69, 9.17) is 4.74 Å². The highest BCUT2D eigenvalue weighted by atomic mass is 32.2. The van der Waals surface area contributed by atoms with Crippen LogP contribution < -0.4 is 10.1 Å². The summed E-state index contributed by atoms with van der Waals surface area (Å²) in [7, 11) is -3.43. The van der Waals surface area contributed by atoms with Crippen LogP contribution >= 0.6 is 0 Å². The number of benzene rings is 2. The van der Waals surface area contributed by atoms with Crippen molar-refractivity contribution >= 4 is 15.9 Å². The molecule has 1 fully saturated rings. The lowest BCUT2D eigenvalue weighted by atomic mass is 10.0. The molecule has 1 aliphatic heterocycles. The van der Waals surface area contributed by atoms with Crippen molar-refractivity contribution in [1.29, 1.82) is 0 Å². The molecule has 7 heteroatoms. The molecule has 1 aliphatic rings. The summed E-state index contributed by atoms with van der Waals surface area (Å²) in [5.74, 6) is 0.532. The Morgan fingerprint density at radius 3 is 2.40 bits per heavy atom. The van der Waals surface area contributed by atoms with Gasteiger partial charge >= 0.3 is 0 Å². The van der Waals surface area contributed by atoms with Crippen molar-refractivity contribution in [2.45, 2.75) is 44.4 Å². The fraction of sp³-hybridized carbons (Fsp3) is 0.435. The molecule has 6 nitrogen and oxygen atoms in total. The Morgan fingerprint density at radius 1 is 1.03 bits per heavy atom. The van der Waals surface area contributed by atoms with Crippen molar-refractivity contribution in [2.75, 3.05) is 26.2 Å². The normalized spacial score (nSPS) is 15.0. The van der Waals surface area contributed by atoms with Gasteiger partial charge in [0.2, 0.25) is 15.9 Å². The first kappa shape index (κ1) is 22.3. The third kappa shape index (κ3) is 5.83. The Kier molecular flexibility index (Phi) is 7.50. The van der Waals surface area contributed by atoms with Crippen LogP contribution in [0.3, 0.4) is 0 Å². The molecule has 1 saturated heterocycles. The number of aryl methyl sites for hydroxylation is 2. The summed E-state index contributed by atoms with van der Waals surface area (Å²) in [6.45, 7) is 5.91. The zero-order valence-electron chi connectivity index (χ0n) is 17.7. The zero-order chi connectivity index (χ0) is 21.6. The molecule has 1 N–H and O–H groups in total. The lowest BCUT2D eigenvalue weighted by Gasteiger charge is -2.25. The van der Waals surface area contributed by atoms with Crippen LogP contribution in [0.2, 0.25) is 0 Å². The van der Waals surface area contributed by atoms with Crippen molar-refractivity contribution in [2.24, 2.45) is 0 Å². The van der Waals surface area contributed by atoms with E-state index in [0.29, 0.717) is 43.3 Å². The van der Waals surface area contributed by atoms with E-state index in [9.17, 15) is 13.2 Å². The van der Waals surface area contributed by atoms with Crippen molar-refractivity contribution in [3.8, 4) is 5.75 Å². The standard InChI is InChI=1S/C23H30N2O4S/c1-18-6-7-20(19(2)16-18)17-23(26)24-12-15-29-21-8-10-22(11-9-21)30(27,28)25-13-4-3-5-14-25/h6-11,16H,3-5,12-15,17H2,1-2H3,(H,24,26). The zero-order valence-corrected chi connectivity index (χ0v) is 18.5. The lowest BCUT2D eigenvalue weighted by Crippen LogP contribution is -2.35. The van der Waals surface area contributed by atoms with Gasteiger partial charge in [-0.1, -0.05) is 30.2 Å². The van der Waals surface area contributed by atoms with Crippen LogP contribution in [0.15, 0.2) is 47.4 Å². The average Bonchev–Trinajstić information content (AvgIpc) is 2.74. The predicted octanol–water partition coefficient (Wildman–Crippen LogP) is 3.22. The van der Waals surface area contributed by atoms with E-state index in [1.54, 1.807) is 28.6 Å². The number of piperidine rings is 1. The van der Waals surface area contributed by atoms with Crippen LogP contribution in [0, 0.1) is 13.8 Å². The molecule has 0 unspecified atom stereocenters. The third-order valence-corrected chi connectivity index (χ3v) is 7.23. The summed E-state index contributed by atoms with van der Waals surface area (Å²) in [5, 5.41) is 2.86. The van der Waals surface area contributed by atoms with Crippen LogP contribution in [0.1, 0.15) is 36.0 Å². The molecule has 0 aromatic heterocycles. The molecule has 1 heterocycles. The minimum absolute atomic E-state index is 0.0477. The van der Waals surface area contributed by atoms with Gasteiger partial charge in [0.05, 0.1) is 17.9 Å². The Hall–Kier alpha value is -2.38. The second-order valence-electron chi connectivity index (χ2n) is 7.74. The maximum Gasteiger partial charge on any atom is 0.243 e. The van der Waals surface area contributed by atoms with E-state index in [1.165, 1.54) is 5.56 Å². The van der Waals surface area contributed by atoms with Gasteiger partial charge in [-0.2, -0.15) is 4.31 Å². The molecule has 1 amide bonds. The monoisotopic (exact) mass is 430 g/mol. The summed E-state index contributed by atoms with van der Waals surface area (Å²) < 4.78 is 32.5. The fourth-order valence-electron chi connectivity index (χ4n) is 3.60. The Morgan fingerprint density at radius 2 is 1.73 bits per heavy atom. The number of amides is 1. The van der Waals surface area contributed by atoms with Crippen LogP contribution in [-0.4, -0.2) is 44.9 Å². The number of carbonyl (C=O) groups is 1. The molecule has 0 aliphatic carbocycles. The highest BCUT2D eigenvalue weighted by Gasteiger charge is 2.25. The van der Waals surface area contributed by atoms with Crippen LogP contribution in [0.4, 0.5) is 0 Å². The van der Waals surface area contributed by atoms with Crippen LogP contribution in [0.5, 0.6) is 5.75 Å². The maximum atomic E-state index is 12.7. The number of hydrogen-bond acceptors (Lipinski definition) is 4.